The van der Waals surface area contributed by atoms with Crippen LogP contribution < -0.4 is 0 Å². The fraction of sp³-hybridized carbons (Fsp3) is 0.316. The maximum absolute atomic E-state index is 12.3. The van der Waals surface area contributed by atoms with Gasteiger partial charge in [0, 0.05) is 10.8 Å². The Morgan fingerprint density at radius 2 is 1.88 bits per heavy atom. The summed E-state index contributed by atoms with van der Waals surface area (Å²) in [6.07, 6.45) is 0. The number of aryl methyl sites for hydroxylation is 1. The second kappa shape index (κ2) is 6.44. The molecule has 0 unspecified atom stereocenters. The Labute approximate surface area is 150 Å². The SMILES string of the molecule is Cc1nn(-c2ccccc2)c2sc(C(=O)OCC(=O)C(C)(C)C)cc12. The Hall–Kier alpha value is -2.47. The molecule has 6 heteroatoms. The molecule has 0 atom stereocenters. The molecule has 0 radical (unpaired) electrons. The van der Waals surface area contributed by atoms with E-state index in [0.29, 0.717) is 4.88 Å². The van der Waals surface area contributed by atoms with Crippen molar-refractivity contribution in [3.8, 4) is 5.69 Å². The number of rotatable bonds is 4. The summed E-state index contributed by atoms with van der Waals surface area (Å²) in [5, 5.41) is 5.47. The van der Waals surface area contributed by atoms with Crippen molar-refractivity contribution in [1.29, 1.82) is 0 Å². The van der Waals surface area contributed by atoms with Gasteiger partial charge in [-0.05, 0) is 25.1 Å². The van der Waals surface area contributed by atoms with Crippen molar-refractivity contribution >= 4 is 33.3 Å². The number of nitrogens with zero attached hydrogens (tertiary/aromatic N) is 2. The Morgan fingerprint density at radius 1 is 1.20 bits per heavy atom. The first kappa shape index (κ1) is 17.4. The number of Topliss-reactive ketones (excluding diaryl/α,β-unsaturated/α-hetero) is 1. The minimum absolute atomic E-state index is 0.103. The van der Waals surface area contributed by atoms with Crippen molar-refractivity contribution in [3.05, 3.63) is 47.0 Å². The van der Waals surface area contributed by atoms with E-state index in [1.54, 1.807) is 26.8 Å². The summed E-state index contributed by atoms with van der Waals surface area (Å²) < 4.78 is 7.02. The Kier molecular flexibility index (Phi) is 4.47. The fourth-order valence-electron chi connectivity index (χ4n) is 2.31. The zero-order valence-electron chi connectivity index (χ0n) is 14.7. The minimum Gasteiger partial charge on any atom is -0.453 e. The molecule has 3 aromatic rings. The molecular weight excluding hydrogens is 336 g/mol. The quantitative estimate of drug-likeness (QED) is 0.658. The normalized spacial score (nSPS) is 11.7. The molecule has 5 nitrogen and oxygen atoms in total. The molecule has 0 amide bonds. The van der Waals surface area contributed by atoms with Crippen LogP contribution in [0.5, 0.6) is 0 Å². The van der Waals surface area contributed by atoms with E-state index in [1.165, 1.54) is 11.3 Å². The summed E-state index contributed by atoms with van der Waals surface area (Å²) in [7, 11) is 0. The second-order valence-corrected chi connectivity index (χ2v) is 7.94. The highest BCUT2D eigenvalue weighted by atomic mass is 32.1. The number of aromatic nitrogens is 2. The molecule has 0 bridgehead atoms. The fourth-order valence-corrected chi connectivity index (χ4v) is 3.39. The van der Waals surface area contributed by atoms with Crippen molar-refractivity contribution in [2.45, 2.75) is 27.7 Å². The standard InChI is InChI=1S/C19H20N2O3S/c1-12-14-10-15(18(23)24-11-16(22)19(2,3)4)25-17(14)21(20-12)13-8-6-5-7-9-13/h5-10H,11H2,1-4H3. The number of para-hydroxylation sites is 1. The first-order valence-corrected chi connectivity index (χ1v) is 8.84. The lowest BCUT2D eigenvalue weighted by molar-refractivity contribution is -0.129. The van der Waals surface area contributed by atoms with Gasteiger partial charge in [0.05, 0.1) is 11.4 Å². The van der Waals surface area contributed by atoms with Crippen molar-refractivity contribution in [1.82, 2.24) is 9.78 Å². The number of fused-ring (bicyclic) bond motifs is 1. The molecule has 0 spiro atoms. The highest BCUT2D eigenvalue weighted by molar-refractivity contribution is 7.20. The molecule has 0 aliphatic rings. The molecule has 0 saturated heterocycles. The van der Waals surface area contributed by atoms with E-state index in [9.17, 15) is 9.59 Å². The lowest BCUT2D eigenvalue weighted by Crippen LogP contribution is -2.26. The number of carbonyl (C=O) groups excluding carboxylic acids is 2. The second-order valence-electron chi connectivity index (χ2n) is 6.91. The molecule has 0 saturated carbocycles. The van der Waals surface area contributed by atoms with Crippen LogP contribution in [-0.4, -0.2) is 28.1 Å². The number of benzene rings is 1. The van der Waals surface area contributed by atoms with Crippen molar-refractivity contribution in [2.24, 2.45) is 5.41 Å². The van der Waals surface area contributed by atoms with Crippen molar-refractivity contribution in [2.75, 3.05) is 6.61 Å². The van der Waals surface area contributed by atoms with Gasteiger partial charge < -0.3 is 4.74 Å². The maximum Gasteiger partial charge on any atom is 0.348 e. The van der Waals surface area contributed by atoms with Gasteiger partial charge in [-0.25, -0.2) is 9.48 Å². The zero-order chi connectivity index (χ0) is 18.2. The zero-order valence-corrected chi connectivity index (χ0v) is 15.5. The molecule has 1 aromatic carbocycles. The van der Waals surface area contributed by atoms with Crippen LogP contribution in [0.2, 0.25) is 0 Å². The van der Waals surface area contributed by atoms with Gasteiger partial charge in [0.2, 0.25) is 0 Å². The van der Waals surface area contributed by atoms with E-state index in [1.807, 2.05) is 41.9 Å². The van der Waals surface area contributed by atoms with Gasteiger partial charge in [-0.1, -0.05) is 39.0 Å². The molecule has 0 aliphatic carbocycles. The van der Waals surface area contributed by atoms with Crippen LogP contribution >= 0.6 is 11.3 Å². The molecule has 0 fully saturated rings. The summed E-state index contributed by atoms with van der Waals surface area (Å²) in [5.74, 6) is -0.577. The Morgan fingerprint density at radius 3 is 2.52 bits per heavy atom. The van der Waals surface area contributed by atoms with E-state index in [-0.39, 0.29) is 12.4 Å². The number of esters is 1. The van der Waals surface area contributed by atoms with E-state index < -0.39 is 11.4 Å². The third-order valence-electron chi connectivity index (χ3n) is 3.92. The number of hydrogen-bond donors (Lipinski definition) is 0. The first-order chi connectivity index (χ1) is 11.8. The number of hydrogen-bond acceptors (Lipinski definition) is 5. The van der Waals surface area contributed by atoms with E-state index >= 15 is 0 Å². The molecule has 2 aromatic heterocycles. The topological polar surface area (TPSA) is 61.2 Å². The van der Waals surface area contributed by atoms with Gasteiger partial charge >= 0.3 is 5.97 Å². The summed E-state index contributed by atoms with van der Waals surface area (Å²) in [5.41, 5.74) is 1.26. The molecule has 130 valence electrons. The highest BCUT2D eigenvalue weighted by Gasteiger charge is 2.24. The van der Waals surface area contributed by atoms with Crippen LogP contribution in [0, 0.1) is 12.3 Å². The van der Waals surface area contributed by atoms with Gasteiger partial charge in [0.15, 0.2) is 12.4 Å². The summed E-state index contributed by atoms with van der Waals surface area (Å²) >= 11 is 1.32. The Bertz CT molecular complexity index is 933. The minimum atomic E-state index is -0.523. The number of carbonyl (C=O) groups is 2. The predicted molar refractivity (Wildman–Crippen MR) is 98.4 cm³/mol. The summed E-state index contributed by atoms with van der Waals surface area (Å²) in [6.45, 7) is 7.12. The number of thiophene rings is 1. The molecule has 3 rings (SSSR count). The average Bonchev–Trinajstić information content (AvgIpc) is 3.13. The lowest BCUT2D eigenvalue weighted by atomic mass is 9.91. The Balaban J connectivity index is 1.87. The molecule has 2 heterocycles. The monoisotopic (exact) mass is 356 g/mol. The lowest BCUT2D eigenvalue weighted by Gasteiger charge is -2.15. The van der Waals surface area contributed by atoms with E-state index in [4.69, 9.17) is 4.74 Å². The highest BCUT2D eigenvalue weighted by Crippen LogP contribution is 2.30. The van der Waals surface area contributed by atoms with Gasteiger partial charge in [0.1, 0.15) is 9.71 Å². The summed E-state index contributed by atoms with van der Waals surface area (Å²) in [4.78, 5) is 25.6. The van der Waals surface area contributed by atoms with E-state index in [0.717, 1.165) is 21.6 Å². The molecular formula is C19H20N2O3S. The molecule has 0 N–H and O–H groups in total. The van der Waals surface area contributed by atoms with Crippen LogP contribution in [0.25, 0.3) is 15.9 Å². The molecule has 0 aliphatic heterocycles. The van der Waals surface area contributed by atoms with Crippen LogP contribution in [0.1, 0.15) is 36.1 Å². The van der Waals surface area contributed by atoms with Crippen molar-refractivity contribution < 1.29 is 14.3 Å². The van der Waals surface area contributed by atoms with Crippen LogP contribution in [0.3, 0.4) is 0 Å². The van der Waals surface area contributed by atoms with E-state index in [2.05, 4.69) is 5.10 Å². The summed E-state index contributed by atoms with van der Waals surface area (Å²) in [6, 6.07) is 11.5. The van der Waals surface area contributed by atoms with Gasteiger partial charge in [-0.15, -0.1) is 11.3 Å². The third-order valence-corrected chi connectivity index (χ3v) is 5.01. The van der Waals surface area contributed by atoms with Gasteiger partial charge in [-0.2, -0.15) is 5.10 Å². The van der Waals surface area contributed by atoms with Crippen molar-refractivity contribution in [3.63, 3.8) is 0 Å². The number of ether oxygens (including phenoxy) is 1. The van der Waals surface area contributed by atoms with Crippen LogP contribution in [0.4, 0.5) is 0 Å². The smallest absolute Gasteiger partial charge is 0.348 e. The first-order valence-electron chi connectivity index (χ1n) is 8.02. The third kappa shape index (κ3) is 3.49. The average molecular weight is 356 g/mol. The van der Waals surface area contributed by atoms with Gasteiger partial charge in [-0.3, -0.25) is 4.79 Å². The van der Waals surface area contributed by atoms with Crippen LogP contribution in [-0.2, 0) is 9.53 Å². The largest absolute Gasteiger partial charge is 0.453 e. The van der Waals surface area contributed by atoms with Gasteiger partial charge in [0.25, 0.3) is 0 Å². The maximum atomic E-state index is 12.3. The number of ketones is 1. The predicted octanol–water partition coefficient (Wildman–Crippen LogP) is 4.17. The van der Waals surface area contributed by atoms with Crippen LogP contribution in [0.15, 0.2) is 36.4 Å². The molecule has 25 heavy (non-hydrogen) atoms.